The monoisotopic (exact) mass is 438 g/mol. The molecule has 0 bridgehead atoms. The van der Waals surface area contributed by atoms with Crippen molar-refractivity contribution in [3.63, 3.8) is 0 Å². The van der Waals surface area contributed by atoms with E-state index in [1.807, 2.05) is 19.1 Å². The lowest BCUT2D eigenvalue weighted by atomic mass is 10.00. The van der Waals surface area contributed by atoms with Crippen molar-refractivity contribution in [1.82, 2.24) is 10.6 Å². The average molecular weight is 438 g/mol. The van der Waals surface area contributed by atoms with E-state index in [1.165, 1.54) is 6.92 Å². The number of hydrogen-bond donors (Lipinski definition) is 4. The molecule has 2 unspecified atom stereocenters. The molecular formula is C20H30N4O7. The maximum absolute atomic E-state index is 11.7. The molecule has 11 nitrogen and oxygen atoms in total. The number of hydrogen-bond acceptors (Lipinski definition) is 8. The van der Waals surface area contributed by atoms with Crippen LogP contribution in [0.5, 0.6) is 5.75 Å². The summed E-state index contributed by atoms with van der Waals surface area (Å²) in [5.74, 6) is 0.428. The van der Waals surface area contributed by atoms with Gasteiger partial charge in [-0.1, -0.05) is 0 Å². The van der Waals surface area contributed by atoms with E-state index >= 15 is 0 Å². The Balaban J connectivity index is 1.62. The van der Waals surface area contributed by atoms with Gasteiger partial charge in [0.05, 0.1) is 0 Å². The van der Waals surface area contributed by atoms with Gasteiger partial charge in [0.1, 0.15) is 24.6 Å². The number of aliphatic hydroxyl groups is 1. The maximum Gasteiger partial charge on any atom is 0.294 e. The first kappa shape index (κ1) is 24.4. The fraction of sp³-hybridized carbons (Fsp3) is 0.600. The van der Waals surface area contributed by atoms with E-state index < -0.39 is 17.3 Å². The van der Waals surface area contributed by atoms with Gasteiger partial charge in [-0.25, -0.2) is 0 Å². The van der Waals surface area contributed by atoms with Gasteiger partial charge in [-0.2, -0.15) is 0 Å². The molecule has 1 aliphatic heterocycles. The molecule has 2 rings (SSSR count). The third-order valence-electron chi connectivity index (χ3n) is 4.71. The van der Waals surface area contributed by atoms with Gasteiger partial charge in [-0.3, -0.25) is 9.59 Å². The minimum absolute atomic E-state index is 0.0141. The number of benzene rings is 1. The summed E-state index contributed by atoms with van der Waals surface area (Å²) in [5.41, 5.74) is 2.65. The molecule has 172 valence electrons. The first-order chi connectivity index (χ1) is 14.7. The van der Waals surface area contributed by atoms with Crippen LogP contribution in [0.15, 0.2) is 12.1 Å². The van der Waals surface area contributed by atoms with Crippen molar-refractivity contribution in [2.75, 3.05) is 31.6 Å². The van der Waals surface area contributed by atoms with Crippen LogP contribution in [0.1, 0.15) is 37.3 Å². The highest BCUT2D eigenvalue weighted by molar-refractivity contribution is 5.94. The van der Waals surface area contributed by atoms with E-state index in [1.54, 1.807) is 0 Å². The number of aliphatic hydroxyl groups excluding tert-OH is 1. The Morgan fingerprint density at radius 3 is 2.87 bits per heavy atom. The SMILES string of the molecule is Cc1cc2c(c(OCC(O)CNCCNC(=O)CCC(C)O[N+](=O)[O-])c1)CCC(=O)N2. The van der Waals surface area contributed by atoms with Gasteiger partial charge in [0.25, 0.3) is 5.09 Å². The summed E-state index contributed by atoms with van der Waals surface area (Å²) in [5, 5.41) is 28.0. The molecule has 2 atom stereocenters. The third-order valence-corrected chi connectivity index (χ3v) is 4.71. The third kappa shape index (κ3) is 8.77. The average Bonchev–Trinajstić information content (AvgIpc) is 2.69. The number of amides is 2. The van der Waals surface area contributed by atoms with Crippen molar-refractivity contribution in [3.8, 4) is 5.75 Å². The largest absolute Gasteiger partial charge is 0.490 e. The van der Waals surface area contributed by atoms with Gasteiger partial charge in [-0.05, 0) is 44.4 Å². The lowest BCUT2D eigenvalue weighted by molar-refractivity contribution is -0.767. The molecule has 1 aliphatic rings. The summed E-state index contributed by atoms with van der Waals surface area (Å²) < 4.78 is 5.79. The standard InChI is InChI=1S/C20H30N4O7/c1-13-9-17-16(4-6-20(27)23-17)18(10-13)30-12-15(25)11-21-7-8-22-19(26)5-3-14(2)31-24(28)29/h9-10,14-15,21,25H,3-8,11-12H2,1-2H3,(H,22,26)(H,23,27). The van der Waals surface area contributed by atoms with Gasteiger partial charge in [0, 0.05) is 43.7 Å². The van der Waals surface area contributed by atoms with Crippen LogP contribution in [0.3, 0.4) is 0 Å². The Kier molecular flexibility index (Phi) is 9.47. The molecule has 2 amide bonds. The number of nitrogens with zero attached hydrogens (tertiary/aromatic N) is 1. The van der Waals surface area contributed by atoms with Gasteiger partial charge in [0.15, 0.2) is 0 Å². The van der Waals surface area contributed by atoms with Crippen LogP contribution in [0.25, 0.3) is 0 Å². The smallest absolute Gasteiger partial charge is 0.294 e. The molecule has 0 saturated heterocycles. The molecule has 4 N–H and O–H groups in total. The Morgan fingerprint density at radius 1 is 1.35 bits per heavy atom. The molecule has 0 aromatic heterocycles. The molecule has 0 fully saturated rings. The quantitative estimate of drug-likeness (QED) is 0.200. The van der Waals surface area contributed by atoms with Gasteiger partial charge < -0.3 is 30.6 Å². The predicted molar refractivity (Wildman–Crippen MR) is 112 cm³/mol. The van der Waals surface area contributed by atoms with Crippen LogP contribution in [-0.4, -0.2) is 60.5 Å². The summed E-state index contributed by atoms with van der Waals surface area (Å²) >= 11 is 0. The summed E-state index contributed by atoms with van der Waals surface area (Å²) in [6.45, 7) is 4.64. The first-order valence-electron chi connectivity index (χ1n) is 10.3. The number of aryl methyl sites for hydroxylation is 1. The number of carbonyl (C=O) groups is 2. The molecule has 1 heterocycles. The van der Waals surface area contributed by atoms with Gasteiger partial charge in [-0.15, -0.1) is 10.1 Å². The van der Waals surface area contributed by atoms with E-state index in [2.05, 4.69) is 20.8 Å². The van der Waals surface area contributed by atoms with E-state index in [-0.39, 0.29) is 37.8 Å². The van der Waals surface area contributed by atoms with Gasteiger partial charge in [0.2, 0.25) is 11.8 Å². The number of anilines is 1. The van der Waals surface area contributed by atoms with Crippen molar-refractivity contribution in [2.45, 2.75) is 51.7 Å². The van der Waals surface area contributed by atoms with E-state index in [9.17, 15) is 24.8 Å². The zero-order chi connectivity index (χ0) is 22.8. The minimum Gasteiger partial charge on any atom is -0.490 e. The number of fused-ring (bicyclic) bond motifs is 1. The first-order valence-corrected chi connectivity index (χ1v) is 10.3. The number of nitrogens with one attached hydrogen (secondary N) is 3. The molecule has 0 aliphatic carbocycles. The lowest BCUT2D eigenvalue weighted by Crippen LogP contribution is -2.37. The van der Waals surface area contributed by atoms with Crippen molar-refractivity contribution in [1.29, 1.82) is 0 Å². The van der Waals surface area contributed by atoms with Crippen molar-refractivity contribution < 1.29 is 29.4 Å². The molecule has 11 heteroatoms. The highest BCUT2D eigenvalue weighted by Gasteiger charge is 2.20. The van der Waals surface area contributed by atoms with Crippen LogP contribution < -0.4 is 20.7 Å². The van der Waals surface area contributed by atoms with Crippen LogP contribution in [-0.2, 0) is 20.8 Å². The zero-order valence-corrected chi connectivity index (χ0v) is 17.8. The predicted octanol–water partition coefficient (Wildman–Crippen LogP) is 0.702. The summed E-state index contributed by atoms with van der Waals surface area (Å²) in [7, 11) is 0. The Bertz CT molecular complexity index is 787. The maximum atomic E-state index is 11.7. The van der Waals surface area contributed by atoms with E-state index in [0.717, 1.165) is 16.8 Å². The summed E-state index contributed by atoms with van der Waals surface area (Å²) in [6.07, 6.45) is 0.00982. The van der Waals surface area contributed by atoms with Crippen molar-refractivity contribution in [2.24, 2.45) is 0 Å². The topological polar surface area (TPSA) is 152 Å². The Hall–Kier alpha value is -2.92. The van der Waals surface area contributed by atoms with E-state index in [0.29, 0.717) is 31.7 Å². The second-order valence-electron chi connectivity index (χ2n) is 7.53. The number of rotatable bonds is 13. The summed E-state index contributed by atoms with van der Waals surface area (Å²) in [4.78, 5) is 37.8. The molecule has 31 heavy (non-hydrogen) atoms. The fourth-order valence-electron chi connectivity index (χ4n) is 3.16. The van der Waals surface area contributed by atoms with Crippen molar-refractivity contribution in [3.05, 3.63) is 33.4 Å². The normalized spacial score (nSPS) is 14.7. The van der Waals surface area contributed by atoms with Crippen molar-refractivity contribution >= 4 is 17.5 Å². The molecule has 0 saturated carbocycles. The molecule has 1 aromatic carbocycles. The molecular weight excluding hydrogens is 408 g/mol. The fourth-order valence-corrected chi connectivity index (χ4v) is 3.16. The highest BCUT2D eigenvalue weighted by Crippen LogP contribution is 2.32. The zero-order valence-electron chi connectivity index (χ0n) is 17.8. The second-order valence-corrected chi connectivity index (χ2v) is 7.53. The highest BCUT2D eigenvalue weighted by atomic mass is 17.0. The van der Waals surface area contributed by atoms with Crippen LogP contribution in [0.2, 0.25) is 0 Å². The summed E-state index contributed by atoms with van der Waals surface area (Å²) in [6, 6.07) is 3.80. The Morgan fingerprint density at radius 2 is 2.13 bits per heavy atom. The Labute approximate surface area is 180 Å². The van der Waals surface area contributed by atoms with Crippen LogP contribution in [0.4, 0.5) is 5.69 Å². The molecule has 0 spiro atoms. The van der Waals surface area contributed by atoms with Crippen LogP contribution in [0, 0.1) is 17.0 Å². The lowest BCUT2D eigenvalue weighted by Gasteiger charge is -2.22. The minimum atomic E-state index is -0.868. The molecule has 0 radical (unpaired) electrons. The number of ether oxygens (including phenoxy) is 1. The molecule has 1 aromatic rings. The van der Waals surface area contributed by atoms with Gasteiger partial charge >= 0.3 is 0 Å². The second kappa shape index (κ2) is 12.1. The van der Waals surface area contributed by atoms with Crippen LogP contribution >= 0.6 is 0 Å². The number of carbonyl (C=O) groups excluding carboxylic acids is 2. The van der Waals surface area contributed by atoms with E-state index in [4.69, 9.17) is 4.74 Å².